The van der Waals surface area contributed by atoms with Crippen LogP contribution in [0.15, 0.2) is 41.0 Å². The first-order valence-electron chi connectivity index (χ1n) is 9.26. The first-order valence-corrected chi connectivity index (χ1v) is 9.26. The van der Waals surface area contributed by atoms with Gasteiger partial charge in [-0.2, -0.15) is 0 Å². The summed E-state index contributed by atoms with van der Waals surface area (Å²) in [4.78, 5) is 30.5. The number of amides is 2. The van der Waals surface area contributed by atoms with Crippen molar-refractivity contribution in [2.45, 2.75) is 32.7 Å². The second kappa shape index (κ2) is 6.95. The van der Waals surface area contributed by atoms with Gasteiger partial charge in [0.2, 0.25) is 0 Å². The van der Waals surface area contributed by atoms with Crippen LogP contribution in [0.3, 0.4) is 0 Å². The Labute approximate surface area is 157 Å². The lowest BCUT2D eigenvalue weighted by Gasteiger charge is -2.32. The third kappa shape index (κ3) is 3.23. The van der Waals surface area contributed by atoms with E-state index < -0.39 is 0 Å². The molecule has 2 aromatic heterocycles. The van der Waals surface area contributed by atoms with Crippen molar-refractivity contribution in [3.63, 3.8) is 0 Å². The summed E-state index contributed by atoms with van der Waals surface area (Å²) in [5, 5.41) is 4.17. The Bertz CT molecular complexity index is 988. The fraction of sp³-hybridized carbons (Fsp3) is 0.333. The molecule has 0 spiro atoms. The lowest BCUT2D eigenvalue weighted by Crippen LogP contribution is -2.49. The van der Waals surface area contributed by atoms with Gasteiger partial charge in [0.1, 0.15) is 0 Å². The molecule has 6 nitrogen and oxygen atoms in total. The molecule has 1 fully saturated rings. The summed E-state index contributed by atoms with van der Waals surface area (Å²) in [5.41, 5.74) is 3.73. The lowest BCUT2D eigenvalue weighted by molar-refractivity contribution is 0.0647. The van der Waals surface area contributed by atoms with Crippen molar-refractivity contribution in [3.05, 3.63) is 59.2 Å². The normalized spacial score (nSPS) is 17.3. The monoisotopic (exact) mass is 365 g/mol. The third-order valence-electron chi connectivity index (χ3n) is 5.36. The van der Waals surface area contributed by atoms with Crippen molar-refractivity contribution in [3.8, 4) is 0 Å². The number of carbonyl (C=O) groups excluding carboxylic acids is 2. The van der Waals surface area contributed by atoms with Crippen LogP contribution >= 0.6 is 0 Å². The molecule has 3 aromatic rings. The fourth-order valence-electron chi connectivity index (χ4n) is 3.77. The smallest absolute Gasteiger partial charge is 0.289 e. The lowest BCUT2D eigenvalue weighted by atomic mass is 10.0. The highest BCUT2D eigenvalue weighted by atomic mass is 16.3. The molecule has 0 radical (unpaired) electrons. The number of nitrogens with zero attached hydrogens (tertiary/aromatic N) is 1. The zero-order valence-corrected chi connectivity index (χ0v) is 15.5. The Kier molecular flexibility index (Phi) is 4.48. The molecule has 6 heteroatoms. The van der Waals surface area contributed by atoms with Gasteiger partial charge in [0.15, 0.2) is 5.76 Å². The first-order chi connectivity index (χ1) is 13.0. The summed E-state index contributed by atoms with van der Waals surface area (Å²) in [5.74, 6) is 0.0971. The van der Waals surface area contributed by atoms with E-state index in [0.717, 1.165) is 35.0 Å². The van der Waals surface area contributed by atoms with Crippen LogP contribution < -0.4 is 5.32 Å². The molecule has 27 heavy (non-hydrogen) atoms. The molecule has 140 valence electrons. The van der Waals surface area contributed by atoms with Gasteiger partial charge in [0.05, 0.1) is 17.3 Å². The van der Waals surface area contributed by atoms with Crippen molar-refractivity contribution in [1.29, 1.82) is 0 Å². The van der Waals surface area contributed by atoms with E-state index in [-0.39, 0.29) is 17.9 Å². The van der Waals surface area contributed by atoms with Gasteiger partial charge in [0, 0.05) is 30.2 Å². The number of nitrogens with one attached hydrogen (secondary N) is 2. The predicted molar refractivity (Wildman–Crippen MR) is 103 cm³/mol. The average Bonchev–Trinajstić information content (AvgIpc) is 3.30. The van der Waals surface area contributed by atoms with Crippen molar-refractivity contribution in [2.24, 2.45) is 0 Å². The highest BCUT2D eigenvalue weighted by molar-refractivity contribution is 6.06. The Morgan fingerprint density at radius 3 is 2.85 bits per heavy atom. The molecule has 3 heterocycles. The van der Waals surface area contributed by atoms with Crippen LogP contribution in [0.25, 0.3) is 10.9 Å². The summed E-state index contributed by atoms with van der Waals surface area (Å²) >= 11 is 0. The number of H-pyrrole nitrogens is 1. The molecule has 2 amide bonds. The highest BCUT2D eigenvalue weighted by Gasteiger charge is 2.27. The maximum atomic E-state index is 12.9. The van der Waals surface area contributed by atoms with E-state index >= 15 is 0 Å². The van der Waals surface area contributed by atoms with Crippen LogP contribution in [0.4, 0.5) is 0 Å². The molecular formula is C21H23N3O3. The van der Waals surface area contributed by atoms with Crippen LogP contribution in [0.5, 0.6) is 0 Å². The van der Waals surface area contributed by atoms with E-state index in [4.69, 9.17) is 4.42 Å². The molecule has 1 aliphatic rings. The van der Waals surface area contributed by atoms with Gasteiger partial charge in [0.25, 0.3) is 11.8 Å². The fourth-order valence-corrected chi connectivity index (χ4v) is 3.77. The Hall–Kier alpha value is -3.02. The number of aromatic amines is 1. The second-order valence-corrected chi connectivity index (χ2v) is 7.14. The van der Waals surface area contributed by atoms with E-state index in [1.165, 1.54) is 6.26 Å². The number of benzene rings is 1. The number of likely N-dealkylation sites (tertiary alicyclic amines) is 1. The van der Waals surface area contributed by atoms with Gasteiger partial charge >= 0.3 is 0 Å². The standard InChI is InChI=1S/C21H23N3O3/c1-13-14(2)22-19-16(13)7-3-8-17(19)20(25)23-15-6-4-10-24(12-15)21(26)18-9-5-11-27-18/h3,5,7-9,11,15,22H,4,6,10,12H2,1-2H3,(H,23,25)/t15-/m0/s1. The van der Waals surface area contributed by atoms with Gasteiger partial charge < -0.3 is 19.6 Å². The quantitative estimate of drug-likeness (QED) is 0.747. The van der Waals surface area contributed by atoms with Gasteiger partial charge in [-0.05, 0) is 50.5 Å². The third-order valence-corrected chi connectivity index (χ3v) is 5.36. The Morgan fingerprint density at radius 2 is 2.07 bits per heavy atom. The summed E-state index contributed by atoms with van der Waals surface area (Å²) in [6, 6.07) is 9.07. The summed E-state index contributed by atoms with van der Waals surface area (Å²) in [7, 11) is 0. The van der Waals surface area contributed by atoms with E-state index in [2.05, 4.69) is 17.2 Å². The summed E-state index contributed by atoms with van der Waals surface area (Å²) in [6.07, 6.45) is 3.20. The van der Waals surface area contributed by atoms with Crippen LogP contribution in [0.1, 0.15) is 45.0 Å². The van der Waals surface area contributed by atoms with Gasteiger partial charge in [-0.25, -0.2) is 0 Å². The minimum absolute atomic E-state index is 0.0717. The van der Waals surface area contributed by atoms with Crippen molar-refractivity contribution >= 4 is 22.7 Å². The first kappa shape index (κ1) is 17.4. The number of carbonyl (C=O) groups is 2. The zero-order chi connectivity index (χ0) is 19.0. The van der Waals surface area contributed by atoms with Crippen LogP contribution in [-0.4, -0.2) is 40.8 Å². The molecule has 0 unspecified atom stereocenters. The molecule has 0 saturated carbocycles. The summed E-state index contributed by atoms with van der Waals surface area (Å²) < 4.78 is 5.21. The topological polar surface area (TPSA) is 78.3 Å². The van der Waals surface area contributed by atoms with E-state index in [0.29, 0.717) is 24.4 Å². The molecule has 1 aromatic carbocycles. The van der Waals surface area contributed by atoms with Gasteiger partial charge in [-0.1, -0.05) is 12.1 Å². The molecule has 0 bridgehead atoms. The Balaban J connectivity index is 1.50. The predicted octanol–water partition coefficient (Wildman–Crippen LogP) is 3.41. The molecule has 4 rings (SSSR count). The average molecular weight is 365 g/mol. The molecule has 1 atom stereocenters. The zero-order valence-electron chi connectivity index (χ0n) is 15.5. The number of para-hydroxylation sites is 1. The Morgan fingerprint density at radius 1 is 1.22 bits per heavy atom. The van der Waals surface area contributed by atoms with E-state index in [1.54, 1.807) is 17.0 Å². The van der Waals surface area contributed by atoms with Crippen LogP contribution in [0.2, 0.25) is 0 Å². The number of furan rings is 1. The van der Waals surface area contributed by atoms with Crippen LogP contribution in [0, 0.1) is 13.8 Å². The maximum absolute atomic E-state index is 12.9. The number of fused-ring (bicyclic) bond motifs is 1. The van der Waals surface area contributed by atoms with Crippen molar-refractivity contribution in [2.75, 3.05) is 13.1 Å². The van der Waals surface area contributed by atoms with Gasteiger partial charge in [-0.15, -0.1) is 0 Å². The number of hydrogen-bond acceptors (Lipinski definition) is 3. The van der Waals surface area contributed by atoms with Crippen LogP contribution in [-0.2, 0) is 0 Å². The number of hydrogen-bond donors (Lipinski definition) is 2. The second-order valence-electron chi connectivity index (χ2n) is 7.14. The van der Waals surface area contributed by atoms with Crippen molar-refractivity contribution < 1.29 is 14.0 Å². The summed E-state index contributed by atoms with van der Waals surface area (Å²) in [6.45, 7) is 5.23. The molecule has 1 aliphatic heterocycles. The molecule has 0 aliphatic carbocycles. The minimum atomic E-state index is -0.128. The number of aromatic nitrogens is 1. The maximum Gasteiger partial charge on any atom is 0.289 e. The molecule has 2 N–H and O–H groups in total. The highest BCUT2D eigenvalue weighted by Crippen LogP contribution is 2.24. The minimum Gasteiger partial charge on any atom is -0.459 e. The number of piperidine rings is 1. The molecule has 1 saturated heterocycles. The number of aryl methyl sites for hydroxylation is 2. The SMILES string of the molecule is Cc1[nH]c2c(C(=O)N[C@H]3CCCN(C(=O)c4ccco4)C3)cccc2c1C. The molecular weight excluding hydrogens is 342 g/mol. The van der Waals surface area contributed by atoms with Gasteiger partial charge in [-0.3, -0.25) is 9.59 Å². The largest absolute Gasteiger partial charge is 0.459 e. The van der Waals surface area contributed by atoms with Crippen molar-refractivity contribution in [1.82, 2.24) is 15.2 Å². The van der Waals surface area contributed by atoms with E-state index in [9.17, 15) is 9.59 Å². The number of rotatable bonds is 3. The van der Waals surface area contributed by atoms with E-state index in [1.807, 2.05) is 25.1 Å².